The minimum absolute atomic E-state index is 0.100. The minimum Gasteiger partial charge on any atom is -0.493 e. The van der Waals surface area contributed by atoms with Gasteiger partial charge in [-0.3, -0.25) is 9.59 Å². The van der Waals surface area contributed by atoms with Gasteiger partial charge in [-0.15, -0.1) is 0 Å². The van der Waals surface area contributed by atoms with Gasteiger partial charge in [-0.2, -0.15) is 0 Å². The second-order valence-electron chi connectivity index (χ2n) is 7.94. The van der Waals surface area contributed by atoms with E-state index < -0.39 is 0 Å². The third kappa shape index (κ3) is 2.62. The highest BCUT2D eigenvalue weighted by molar-refractivity contribution is 5.87. The number of aldehydes is 1. The fourth-order valence-corrected chi connectivity index (χ4v) is 5.63. The lowest BCUT2D eigenvalue weighted by Crippen LogP contribution is -2.51. The van der Waals surface area contributed by atoms with E-state index in [-0.39, 0.29) is 17.8 Å². The van der Waals surface area contributed by atoms with Crippen LogP contribution in [0.4, 0.5) is 0 Å². The average molecular weight is 328 g/mol. The second kappa shape index (κ2) is 5.91. The Balaban J connectivity index is 1.46. The van der Waals surface area contributed by atoms with Gasteiger partial charge in [-0.05, 0) is 74.5 Å². The molecule has 0 saturated heterocycles. The molecule has 24 heavy (non-hydrogen) atoms. The number of hydrogen-bond donors (Lipinski definition) is 0. The topological polar surface area (TPSA) is 52.6 Å². The molecule has 0 unspecified atom stereocenters. The van der Waals surface area contributed by atoms with Gasteiger partial charge in [0.1, 0.15) is 12.9 Å². The Morgan fingerprint density at radius 1 is 1.12 bits per heavy atom. The normalized spacial score (nSPS) is 33.3. The molecule has 0 radical (unpaired) electrons. The molecule has 0 heterocycles. The number of carbonyl (C=O) groups excluding carboxylic acids is 2. The maximum Gasteiger partial charge on any atom is 0.176 e. The van der Waals surface area contributed by atoms with E-state index in [1.165, 1.54) is 26.4 Å². The van der Waals surface area contributed by atoms with Crippen molar-refractivity contribution < 1.29 is 19.1 Å². The van der Waals surface area contributed by atoms with Crippen LogP contribution in [0.1, 0.15) is 48.9 Å². The summed E-state index contributed by atoms with van der Waals surface area (Å²) in [5.41, 5.74) is 0.400. The third-order valence-electron chi connectivity index (χ3n) is 6.31. The summed E-state index contributed by atoms with van der Waals surface area (Å²) in [4.78, 5) is 23.8. The van der Waals surface area contributed by atoms with E-state index in [1.54, 1.807) is 18.2 Å². The predicted molar refractivity (Wildman–Crippen MR) is 89.5 cm³/mol. The Morgan fingerprint density at radius 3 is 2.29 bits per heavy atom. The summed E-state index contributed by atoms with van der Waals surface area (Å²) in [5.74, 6) is 3.53. The highest BCUT2D eigenvalue weighted by atomic mass is 16.5. The number of ether oxygens (including phenoxy) is 2. The summed E-state index contributed by atoms with van der Waals surface area (Å²) in [5, 5.41) is 0. The van der Waals surface area contributed by atoms with Crippen LogP contribution in [0.5, 0.6) is 11.5 Å². The van der Waals surface area contributed by atoms with Crippen LogP contribution in [-0.2, 0) is 4.79 Å². The van der Waals surface area contributed by atoms with Crippen molar-refractivity contribution in [1.82, 2.24) is 0 Å². The Morgan fingerprint density at radius 2 is 1.75 bits per heavy atom. The number of methoxy groups -OCH3 is 1. The molecule has 0 atom stereocenters. The maximum atomic E-state index is 13.0. The van der Waals surface area contributed by atoms with Gasteiger partial charge in [0.2, 0.25) is 0 Å². The number of hydrogen-bond acceptors (Lipinski definition) is 4. The highest BCUT2D eigenvalue weighted by Crippen LogP contribution is 2.60. The molecule has 4 aliphatic carbocycles. The van der Waals surface area contributed by atoms with Gasteiger partial charge in [0, 0.05) is 11.0 Å². The third-order valence-corrected chi connectivity index (χ3v) is 6.31. The van der Waals surface area contributed by atoms with Crippen LogP contribution in [-0.4, -0.2) is 25.8 Å². The van der Waals surface area contributed by atoms with Gasteiger partial charge in [0.25, 0.3) is 0 Å². The Hall–Kier alpha value is -1.84. The summed E-state index contributed by atoms with van der Waals surface area (Å²) in [6.07, 6.45) is 7.93. The minimum atomic E-state index is -0.134. The van der Waals surface area contributed by atoms with E-state index in [0.29, 0.717) is 17.1 Å². The van der Waals surface area contributed by atoms with Crippen molar-refractivity contribution in [3.63, 3.8) is 0 Å². The van der Waals surface area contributed by atoms with Gasteiger partial charge in [-0.25, -0.2) is 0 Å². The van der Waals surface area contributed by atoms with Gasteiger partial charge in [0.15, 0.2) is 17.3 Å². The molecular weight excluding hydrogens is 304 g/mol. The molecule has 4 nitrogen and oxygen atoms in total. The molecule has 0 N–H and O–H groups in total. The number of rotatable bonds is 6. The van der Waals surface area contributed by atoms with Crippen LogP contribution < -0.4 is 9.47 Å². The molecule has 4 aliphatic rings. The van der Waals surface area contributed by atoms with E-state index in [4.69, 9.17) is 9.47 Å². The molecule has 0 amide bonds. The smallest absolute Gasteiger partial charge is 0.176 e. The van der Waals surface area contributed by atoms with Crippen molar-refractivity contribution in [2.75, 3.05) is 13.7 Å². The van der Waals surface area contributed by atoms with Crippen LogP contribution in [0.3, 0.4) is 0 Å². The van der Waals surface area contributed by atoms with E-state index >= 15 is 0 Å². The molecule has 5 rings (SSSR count). The van der Waals surface area contributed by atoms with Crippen LogP contribution in [0.15, 0.2) is 18.2 Å². The van der Waals surface area contributed by atoms with E-state index in [1.807, 2.05) is 0 Å². The summed E-state index contributed by atoms with van der Waals surface area (Å²) < 4.78 is 11.1. The Labute approximate surface area is 142 Å². The van der Waals surface area contributed by atoms with E-state index in [0.717, 1.165) is 43.3 Å². The van der Waals surface area contributed by atoms with Crippen LogP contribution >= 0.6 is 0 Å². The number of Topliss-reactive ketones (excluding diaryl/α,β-unsaturated/α-hetero) is 1. The summed E-state index contributed by atoms with van der Waals surface area (Å²) in [7, 11) is 1.54. The van der Waals surface area contributed by atoms with Crippen molar-refractivity contribution in [1.29, 1.82) is 0 Å². The highest BCUT2D eigenvalue weighted by Gasteiger charge is 2.54. The lowest BCUT2D eigenvalue weighted by molar-refractivity contribution is -0.146. The molecule has 1 aromatic carbocycles. The van der Waals surface area contributed by atoms with Crippen molar-refractivity contribution in [3.05, 3.63) is 23.8 Å². The fraction of sp³-hybridized carbons (Fsp3) is 0.600. The first kappa shape index (κ1) is 15.7. The van der Waals surface area contributed by atoms with Crippen LogP contribution in [0.25, 0.3) is 0 Å². The molecule has 4 fully saturated rings. The summed E-state index contributed by atoms with van der Waals surface area (Å²) in [6.45, 7) is 0.100. The van der Waals surface area contributed by atoms with Crippen molar-refractivity contribution in [3.8, 4) is 11.5 Å². The zero-order valence-corrected chi connectivity index (χ0v) is 14.1. The molecule has 0 aromatic heterocycles. The SMILES string of the molecule is COc1cc(C=O)ccc1OCC(=O)C12CC3CC(CC(C3)C1)C2. The summed E-state index contributed by atoms with van der Waals surface area (Å²) >= 11 is 0. The Kier molecular flexibility index (Phi) is 3.86. The molecule has 4 saturated carbocycles. The van der Waals surface area contributed by atoms with Crippen molar-refractivity contribution in [2.24, 2.45) is 23.2 Å². The molecule has 4 heteroatoms. The standard InChI is InChI=1S/C20H24O4/c1-23-18-7-13(11-21)2-3-17(18)24-12-19(22)20-8-14-4-15(9-20)6-16(5-14)10-20/h2-3,7,11,14-16H,4-6,8-10,12H2,1H3. The summed E-state index contributed by atoms with van der Waals surface area (Å²) in [6, 6.07) is 5.02. The van der Waals surface area contributed by atoms with Crippen molar-refractivity contribution >= 4 is 12.1 Å². The number of benzene rings is 1. The monoisotopic (exact) mass is 328 g/mol. The molecular formula is C20H24O4. The quantitative estimate of drug-likeness (QED) is 0.748. The Bertz CT molecular complexity index is 628. The van der Waals surface area contributed by atoms with Gasteiger partial charge in [0.05, 0.1) is 7.11 Å². The first-order valence-electron chi connectivity index (χ1n) is 8.91. The molecule has 0 aliphatic heterocycles. The maximum absolute atomic E-state index is 13.0. The molecule has 1 aromatic rings. The van der Waals surface area contributed by atoms with Crippen LogP contribution in [0, 0.1) is 23.2 Å². The zero-order chi connectivity index (χ0) is 16.7. The van der Waals surface area contributed by atoms with E-state index in [9.17, 15) is 9.59 Å². The number of ketones is 1. The van der Waals surface area contributed by atoms with Gasteiger partial charge < -0.3 is 9.47 Å². The van der Waals surface area contributed by atoms with Crippen LogP contribution in [0.2, 0.25) is 0 Å². The van der Waals surface area contributed by atoms with Crippen molar-refractivity contribution in [2.45, 2.75) is 38.5 Å². The first-order valence-corrected chi connectivity index (χ1v) is 8.91. The first-order chi connectivity index (χ1) is 11.6. The second-order valence-corrected chi connectivity index (χ2v) is 7.94. The molecule has 128 valence electrons. The largest absolute Gasteiger partial charge is 0.493 e. The van der Waals surface area contributed by atoms with Gasteiger partial charge in [-0.1, -0.05) is 0 Å². The molecule has 0 spiro atoms. The lowest BCUT2D eigenvalue weighted by Gasteiger charge is -2.55. The predicted octanol–water partition coefficient (Wildman–Crippen LogP) is 3.67. The fourth-order valence-electron chi connectivity index (χ4n) is 5.63. The lowest BCUT2D eigenvalue weighted by atomic mass is 9.48. The van der Waals surface area contributed by atoms with E-state index in [2.05, 4.69) is 0 Å². The van der Waals surface area contributed by atoms with Gasteiger partial charge >= 0.3 is 0 Å². The average Bonchev–Trinajstić information content (AvgIpc) is 2.58. The number of carbonyl (C=O) groups is 2. The molecule has 4 bridgehead atoms. The zero-order valence-electron chi connectivity index (χ0n) is 14.1.